The fraction of sp³-hybridized carbons (Fsp3) is 0.680. The lowest BCUT2D eigenvalue weighted by Crippen LogP contribution is -2.54. The van der Waals surface area contributed by atoms with E-state index in [1.807, 2.05) is 6.92 Å². The minimum atomic E-state index is -0.281. The quantitative estimate of drug-likeness (QED) is 0.754. The van der Waals surface area contributed by atoms with Crippen LogP contribution in [-0.4, -0.2) is 53.2 Å². The van der Waals surface area contributed by atoms with Crippen molar-refractivity contribution in [3.63, 3.8) is 0 Å². The summed E-state index contributed by atoms with van der Waals surface area (Å²) in [7, 11) is 0. The fourth-order valence-electron chi connectivity index (χ4n) is 5.55. The topological polar surface area (TPSA) is 66.6 Å². The van der Waals surface area contributed by atoms with Crippen molar-refractivity contribution in [3.8, 4) is 0 Å². The Balaban J connectivity index is 1.38. The van der Waals surface area contributed by atoms with E-state index in [-0.39, 0.29) is 41.9 Å². The first kappa shape index (κ1) is 22.4. The Bertz CT molecular complexity index is 830. The van der Waals surface area contributed by atoms with Crippen LogP contribution in [0, 0.1) is 24.6 Å². The summed E-state index contributed by atoms with van der Waals surface area (Å²) in [6.07, 6.45) is 6.19. The van der Waals surface area contributed by atoms with Crippen molar-refractivity contribution in [1.82, 2.24) is 9.80 Å². The van der Waals surface area contributed by atoms with Crippen molar-refractivity contribution in [1.29, 1.82) is 0 Å². The Morgan fingerprint density at radius 2 is 1.77 bits per heavy atom. The smallest absolute Gasteiger partial charge is 0.226 e. The van der Waals surface area contributed by atoms with Crippen LogP contribution in [0.25, 0.3) is 0 Å². The van der Waals surface area contributed by atoms with Gasteiger partial charge in [0.15, 0.2) is 0 Å². The van der Waals surface area contributed by atoms with Gasteiger partial charge in [0.1, 0.15) is 11.6 Å². The average Bonchev–Trinajstić information content (AvgIpc) is 3.23. The van der Waals surface area contributed by atoms with E-state index in [0.29, 0.717) is 12.5 Å². The van der Waals surface area contributed by atoms with Gasteiger partial charge in [-0.2, -0.15) is 0 Å². The van der Waals surface area contributed by atoms with Crippen LogP contribution in [0.2, 0.25) is 0 Å². The molecule has 3 fully saturated rings. The number of ketones is 1. The summed E-state index contributed by atoms with van der Waals surface area (Å²) in [6, 6.07) is 3.42. The van der Waals surface area contributed by atoms with Gasteiger partial charge in [0.05, 0.1) is 0 Å². The summed E-state index contributed by atoms with van der Waals surface area (Å²) < 4.78 is 14.4. The van der Waals surface area contributed by atoms with E-state index in [1.54, 1.807) is 6.07 Å². The van der Waals surface area contributed by atoms with E-state index in [4.69, 9.17) is 5.73 Å². The van der Waals surface area contributed by atoms with Crippen LogP contribution in [0.15, 0.2) is 12.1 Å². The predicted octanol–water partition coefficient (Wildman–Crippen LogP) is 3.21. The summed E-state index contributed by atoms with van der Waals surface area (Å²) in [5.41, 5.74) is 8.56. The zero-order valence-corrected chi connectivity index (χ0v) is 18.9. The molecule has 31 heavy (non-hydrogen) atoms. The maximum absolute atomic E-state index is 14.4. The monoisotopic (exact) mass is 429 g/mol. The van der Waals surface area contributed by atoms with Crippen LogP contribution in [0.1, 0.15) is 62.1 Å². The van der Waals surface area contributed by atoms with Crippen molar-refractivity contribution in [2.45, 2.75) is 77.4 Å². The van der Waals surface area contributed by atoms with Crippen LogP contribution in [0.3, 0.4) is 0 Å². The number of hydrogen-bond acceptors (Lipinski definition) is 4. The Labute approximate surface area is 185 Å². The number of carbonyl (C=O) groups excluding carboxylic acids is 2. The van der Waals surface area contributed by atoms with Crippen LogP contribution < -0.4 is 5.73 Å². The zero-order valence-electron chi connectivity index (χ0n) is 18.9. The highest BCUT2D eigenvalue weighted by Gasteiger charge is 2.34. The molecule has 1 amide bonds. The average molecular weight is 430 g/mol. The summed E-state index contributed by atoms with van der Waals surface area (Å²) >= 11 is 0. The molecule has 5 nitrogen and oxygen atoms in total. The molecule has 1 aliphatic heterocycles. The Morgan fingerprint density at radius 1 is 1.10 bits per heavy atom. The van der Waals surface area contributed by atoms with Gasteiger partial charge < -0.3 is 10.6 Å². The minimum Gasteiger partial charge on any atom is -0.337 e. The van der Waals surface area contributed by atoms with Gasteiger partial charge in [-0.3, -0.25) is 14.5 Å². The second-order valence-electron chi connectivity index (χ2n) is 10.0. The van der Waals surface area contributed by atoms with Gasteiger partial charge in [0.25, 0.3) is 0 Å². The fourth-order valence-corrected chi connectivity index (χ4v) is 5.55. The summed E-state index contributed by atoms with van der Waals surface area (Å²) in [6.45, 7) is 7.08. The molecule has 4 rings (SSSR count). The molecule has 0 spiro atoms. The van der Waals surface area contributed by atoms with Crippen molar-refractivity contribution < 1.29 is 14.0 Å². The number of Topliss-reactive ketones (excluding diaryl/α,β-unsaturated/α-hetero) is 1. The van der Waals surface area contributed by atoms with Crippen molar-refractivity contribution in [3.05, 3.63) is 34.6 Å². The second kappa shape index (κ2) is 9.37. The molecule has 1 atom stereocenters. The highest BCUT2D eigenvalue weighted by molar-refractivity contribution is 5.84. The molecule has 2 saturated carbocycles. The molecular weight excluding hydrogens is 393 g/mol. The number of nitrogens with zero attached hydrogens (tertiary/aromatic N) is 2. The second-order valence-corrected chi connectivity index (χ2v) is 10.0. The number of hydrogen-bond donors (Lipinski definition) is 1. The molecule has 1 saturated heterocycles. The maximum Gasteiger partial charge on any atom is 0.226 e. The molecule has 170 valence electrons. The number of nitrogens with two attached hydrogens (primary N) is 1. The van der Waals surface area contributed by atoms with Crippen molar-refractivity contribution >= 4 is 11.7 Å². The lowest BCUT2D eigenvalue weighted by Gasteiger charge is -2.41. The number of rotatable bonds is 6. The SMILES string of the molecule is Cc1c(CC(=O)C2CC(N)C2)cc(F)cc1CN1CCN(C(=O)C2CCCC2)[C@@H](C)C1. The number of halogens is 1. The van der Waals surface area contributed by atoms with Crippen molar-refractivity contribution in [2.24, 2.45) is 17.6 Å². The first-order valence-corrected chi connectivity index (χ1v) is 11.9. The van der Waals surface area contributed by atoms with Crippen LogP contribution in [0.4, 0.5) is 4.39 Å². The molecule has 0 bridgehead atoms. The standard InChI is InChI=1S/C25H36FN3O2/c1-16-14-28(7-8-29(16)25(31)18-5-3-4-6-18)15-21-10-22(26)9-19(17(21)2)13-24(30)20-11-23(27)12-20/h9-10,16,18,20,23H,3-8,11-15,27H2,1-2H3/t16-,20?,23?/m0/s1. The van der Waals surface area contributed by atoms with Gasteiger partial charge in [-0.15, -0.1) is 0 Å². The van der Waals surface area contributed by atoms with E-state index in [0.717, 1.165) is 62.0 Å². The van der Waals surface area contributed by atoms with Gasteiger partial charge in [0.2, 0.25) is 5.91 Å². The third-order valence-corrected chi connectivity index (χ3v) is 7.68. The van der Waals surface area contributed by atoms with Gasteiger partial charge in [-0.25, -0.2) is 4.39 Å². The predicted molar refractivity (Wildman–Crippen MR) is 119 cm³/mol. The summed E-state index contributed by atoms with van der Waals surface area (Å²) in [5.74, 6) is 0.464. The van der Waals surface area contributed by atoms with Gasteiger partial charge in [-0.1, -0.05) is 12.8 Å². The number of amides is 1. The molecule has 1 aromatic rings. The molecule has 2 N–H and O–H groups in total. The van der Waals surface area contributed by atoms with E-state index in [2.05, 4.69) is 16.7 Å². The van der Waals surface area contributed by atoms with Gasteiger partial charge >= 0.3 is 0 Å². The molecule has 1 aromatic carbocycles. The number of piperazine rings is 1. The first-order valence-electron chi connectivity index (χ1n) is 11.9. The van der Waals surface area contributed by atoms with E-state index < -0.39 is 0 Å². The van der Waals surface area contributed by atoms with E-state index >= 15 is 0 Å². The van der Waals surface area contributed by atoms with Crippen LogP contribution in [0.5, 0.6) is 0 Å². The third kappa shape index (κ3) is 5.01. The lowest BCUT2D eigenvalue weighted by molar-refractivity contribution is -0.140. The largest absolute Gasteiger partial charge is 0.337 e. The van der Waals surface area contributed by atoms with Gasteiger partial charge in [0, 0.05) is 56.5 Å². The highest BCUT2D eigenvalue weighted by atomic mass is 19.1. The van der Waals surface area contributed by atoms with Crippen LogP contribution in [-0.2, 0) is 22.6 Å². The zero-order chi connectivity index (χ0) is 22.1. The molecule has 2 aliphatic carbocycles. The van der Waals surface area contributed by atoms with E-state index in [1.165, 1.54) is 18.9 Å². The number of benzene rings is 1. The number of carbonyl (C=O) groups is 2. The third-order valence-electron chi connectivity index (χ3n) is 7.68. The Hall–Kier alpha value is -1.79. The molecule has 1 heterocycles. The summed E-state index contributed by atoms with van der Waals surface area (Å²) in [5, 5.41) is 0. The van der Waals surface area contributed by atoms with Gasteiger partial charge in [-0.05, 0) is 68.4 Å². The van der Waals surface area contributed by atoms with Crippen LogP contribution >= 0.6 is 0 Å². The van der Waals surface area contributed by atoms with Crippen molar-refractivity contribution in [2.75, 3.05) is 19.6 Å². The maximum atomic E-state index is 14.4. The Morgan fingerprint density at radius 3 is 2.42 bits per heavy atom. The molecular formula is C25H36FN3O2. The molecule has 0 aromatic heterocycles. The molecule has 6 heteroatoms. The molecule has 0 radical (unpaired) electrons. The van der Waals surface area contributed by atoms with E-state index in [9.17, 15) is 14.0 Å². The minimum absolute atomic E-state index is 0.0347. The lowest BCUT2D eigenvalue weighted by atomic mass is 9.76. The summed E-state index contributed by atoms with van der Waals surface area (Å²) in [4.78, 5) is 29.7. The first-order chi connectivity index (χ1) is 14.8. The normalized spacial score (nSPS) is 27.4. The molecule has 0 unspecified atom stereocenters. The highest BCUT2D eigenvalue weighted by Crippen LogP contribution is 2.30. The Kier molecular flexibility index (Phi) is 6.77. The molecule has 3 aliphatic rings.